The average Bonchev–Trinajstić information content (AvgIpc) is 3.24. The van der Waals surface area contributed by atoms with E-state index in [-0.39, 0.29) is 24.9 Å². The molecular weight excluding hydrogens is 743 g/mol. The molecule has 0 bridgehead atoms. The zero-order valence-corrected chi connectivity index (χ0v) is 39.8. The Hall–Kier alpha value is -2.18. The Labute approximate surface area is 372 Å². The largest absolute Gasteiger partial charge is 0.462 e. The molecule has 0 aliphatic rings. The van der Waals surface area contributed by atoms with Crippen molar-refractivity contribution in [1.82, 2.24) is 5.32 Å². The summed E-state index contributed by atoms with van der Waals surface area (Å²) in [4.78, 5) is 26.1. The molecule has 0 heterocycles. The van der Waals surface area contributed by atoms with Gasteiger partial charge in [-0.15, -0.1) is 0 Å². The van der Waals surface area contributed by atoms with Crippen LogP contribution >= 0.6 is 0 Å². The first-order valence-corrected chi connectivity index (χ1v) is 25.9. The molecule has 3 atom stereocenters. The fraction of sp³-hybridized carbons (Fsp3) is 0.815. The third-order valence-electron chi connectivity index (χ3n) is 11.8. The van der Waals surface area contributed by atoms with E-state index < -0.39 is 18.2 Å². The quantitative estimate of drug-likeness (QED) is 0.0322. The predicted octanol–water partition coefficient (Wildman–Crippen LogP) is 15.5. The lowest BCUT2D eigenvalue weighted by Crippen LogP contribution is -2.46. The van der Waals surface area contributed by atoms with Crippen molar-refractivity contribution in [3.63, 3.8) is 0 Å². The number of allylic oxidation sites excluding steroid dienone is 8. The minimum absolute atomic E-state index is 0.0702. The van der Waals surface area contributed by atoms with Crippen molar-refractivity contribution in [1.29, 1.82) is 0 Å². The molecule has 0 rings (SSSR count). The average molecular weight is 842 g/mol. The third kappa shape index (κ3) is 42.5. The maximum absolute atomic E-state index is 13.2. The van der Waals surface area contributed by atoms with Crippen LogP contribution in [0.4, 0.5) is 0 Å². The van der Waals surface area contributed by atoms with Crippen molar-refractivity contribution in [2.45, 2.75) is 277 Å². The van der Waals surface area contributed by atoms with Crippen LogP contribution in [0.5, 0.6) is 0 Å². The first kappa shape index (κ1) is 57.8. The molecule has 0 aliphatic heterocycles. The van der Waals surface area contributed by atoms with E-state index in [1.807, 2.05) is 18.2 Å². The number of amides is 1. The van der Waals surface area contributed by atoms with E-state index in [2.05, 4.69) is 56.5 Å². The van der Waals surface area contributed by atoms with Crippen LogP contribution < -0.4 is 5.32 Å². The van der Waals surface area contributed by atoms with Gasteiger partial charge in [0.05, 0.1) is 25.2 Å². The van der Waals surface area contributed by atoms with Crippen LogP contribution in [0, 0.1) is 0 Å². The number of carbonyl (C=O) groups is 2. The van der Waals surface area contributed by atoms with Gasteiger partial charge in [0.1, 0.15) is 6.10 Å². The molecule has 1 amide bonds. The molecule has 0 aromatic heterocycles. The SMILES string of the molecule is CC/C=C/C=C/C=C/C=C\CCCCCCCC(=O)OC(CCCCCCCCCCCCCCCCCCC)CC(=O)NC(CO)C(O)CCCCCCCCCCC. The van der Waals surface area contributed by atoms with Crippen molar-refractivity contribution in [2.24, 2.45) is 0 Å². The van der Waals surface area contributed by atoms with E-state index in [4.69, 9.17) is 4.74 Å². The third-order valence-corrected chi connectivity index (χ3v) is 11.8. The number of rotatable bonds is 46. The Morgan fingerprint density at radius 2 is 0.900 bits per heavy atom. The Morgan fingerprint density at radius 1 is 0.500 bits per heavy atom. The number of carbonyl (C=O) groups excluding carboxylic acids is 2. The van der Waals surface area contributed by atoms with Crippen LogP contribution in [-0.4, -0.2) is 46.9 Å². The molecule has 6 nitrogen and oxygen atoms in total. The second kappa shape index (κ2) is 47.9. The molecule has 3 unspecified atom stereocenters. The standard InChI is InChI=1S/C54H99NO5/c1-4-7-10-13-16-19-21-23-25-26-28-29-31-34-36-39-42-45-50(48-53(58)55-51(49-56)52(57)46-43-40-37-33-18-15-12-9-6-3)60-54(59)47-44-41-38-35-32-30-27-24-22-20-17-14-11-8-5-2/h8,11,14,17,20,22,24,27,50-52,56-57H,4-7,9-10,12-13,15-16,18-19,21,23,25-26,28-49H2,1-3H3,(H,55,58)/b11-8+,17-14+,22-20+,27-24-. The minimum atomic E-state index is -0.789. The van der Waals surface area contributed by atoms with Gasteiger partial charge in [0, 0.05) is 6.42 Å². The van der Waals surface area contributed by atoms with Gasteiger partial charge in [0.2, 0.25) is 5.91 Å². The number of ether oxygens (including phenoxy) is 1. The summed E-state index contributed by atoms with van der Waals surface area (Å²) in [7, 11) is 0. The summed E-state index contributed by atoms with van der Waals surface area (Å²) < 4.78 is 5.93. The molecule has 350 valence electrons. The molecule has 0 fully saturated rings. The van der Waals surface area contributed by atoms with E-state index in [1.165, 1.54) is 135 Å². The number of nitrogens with one attached hydrogen (secondary N) is 1. The number of aliphatic hydroxyl groups is 2. The summed E-state index contributed by atoms with van der Waals surface area (Å²) in [6, 6.07) is -0.703. The smallest absolute Gasteiger partial charge is 0.306 e. The highest BCUT2D eigenvalue weighted by molar-refractivity contribution is 5.77. The number of aliphatic hydroxyl groups excluding tert-OH is 2. The maximum Gasteiger partial charge on any atom is 0.306 e. The van der Waals surface area contributed by atoms with Gasteiger partial charge in [-0.05, 0) is 44.9 Å². The summed E-state index contributed by atoms with van der Waals surface area (Å²) in [6.45, 7) is 6.34. The predicted molar refractivity (Wildman–Crippen MR) is 259 cm³/mol. The van der Waals surface area contributed by atoms with Crippen LogP contribution in [0.3, 0.4) is 0 Å². The molecule has 0 radical (unpaired) electrons. The Balaban J connectivity index is 4.58. The summed E-state index contributed by atoms with van der Waals surface area (Å²) >= 11 is 0. The highest BCUT2D eigenvalue weighted by Crippen LogP contribution is 2.18. The second-order valence-corrected chi connectivity index (χ2v) is 17.6. The van der Waals surface area contributed by atoms with Gasteiger partial charge in [0.15, 0.2) is 0 Å². The first-order chi connectivity index (χ1) is 29.5. The highest BCUT2D eigenvalue weighted by Gasteiger charge is 2.24. The molecular formula is C54H99NO5. The lowest BCUT2D eigenvalue weighted by Gasteiger charge is -2.24. The van der Waals surface area contributed by atoms with Crippen molar-refractivity contribution in [3.05, 3.63) is 48.6 Å². The molecule has 0 spiro atoms. The summed E-state index contributed by atoms with van der Waals surface area (Å²) in [6.07, 6.45) is 57.5. The van der Waals surface area contributed by atoms with E-state index in [9.17, 15) is 19.8 Å². The molecule has 0 aliphatic carbocycles. The van der Waals surface area contributed by atoms with Crippen LogP contribution in [-0.2, 0) is 14.3 Å². The number of unbranched alkanes of at least 4 members (excludes halogenated alkanes) is 29. The lowest BCUT2D eigenvalue weighted by molar-refractivity contribution is -0.151. The fourth-order valence-corrected chi connectivity index (χ4v) is 7.85. The van der Waals surface area contributed by atoms with Crippen LogP contribution in [0.1, 0.15) is 258 Å². The van der Waals surface area contributed by atoms with Gasteiger partial charge in [-0.1, -0.05) is 249 Å². The van der Waals surface area contributed by atoms with Gasteiger partial charge in [-0.2, -0.15) is 0 Å². The Kier molecular flexibility index (Phi) is 46.1. The summed E-state index contributed by atoms with van der Waals surface area (Å²) in [5, 5.41) is 23.7. The summed E-state index contributed by atoms with van der Waals surface area (Å²) in [5.41, 5.74) is 0. The van der Waals surface area contributed by atoms with Gasteiger partial charge < -0.3 is 20.3 Å². The van der Waals surface area contributed by atoms with Gasteiger partial charge in [0.25, 0.3) is 0 Å². The van der Waals surface area contributed by atoms with Crippen molar-refractivity contribution < 1.29 is 24.5 Å². The minimum Gasteiger partial charge on any atom is -0.462 e. The monoisotopic (exact) mass is 842 g/mol. The van der Waals surface area contributed by atoms with Crippen LogP contribution in [0.2, 0.25) is 0 Å². The molecule has 0 saturated heterocycles. The first-order valence-electron chi connectivity index (χ1n) is 25.9. The molecule has 6 heteroatoms. The number of esters is 1. The summed E-state index contributed by atoms with van der Waals surface area (Å²) in [5.74, 6) is -0.493. The van der Waals surface area contributed by atoms with Gasteiger partial charge in [-0.3, -0.25) is 9.59 Å². The van der Waals surface area contributed by atoms with E-state index in [0.29, 0.717) is 19.3 Å². The van der Waals surface area contributed by atoms with Gasteiger partial charge >= 0.3 is 5.97 Å². The zero-order valence-electron chi connectivity index (χ0n) is 39.8. The lowest BCUT2D eigenvalue weighted by atomic mass is 10.0. The topological polar surface area (TPSA) is 95.9 Å². The van der Waals surface area contributed by atoms with Crippen LogP contribution in [0.25, 0.3) is 0 Å². The van der Waals surface area contributed by atoms with Crippen molar-refractivity contribution in [3.8, 4) is 0 Å². The van der Waals surface area contributed by atoms with E-state index in [0.717, 1.165) is 77.0 Å². The fourth-order valence-electron chi connectivity index (χ4n) is 7.85. The zero-order chi connectivity index (χ0) is 43.8. The normalized spacial score (nSPS) is 13.6. The van der Waals surface area contributed by atoms with Crippen molar-refractivity contribution in [2.75, 3.05) is 6.61 Å². The molecule has 0 saturated carbocycles. The number of hydrogen-bond donors (Lipinski definition) is 3. The molecule has 0 aromatic rings. The Morgan fingerprint density at radius 3 is 1.37 bits per heavy atom. The molecule has 3 N–H and O–H groups in total. The number of hydrogen-bond acceptors (Lipinski definition) is 5. The Bertz CT molecular complexity index is 1040. The highest BCUT2D eigenvalue weighted by atomic mass is 16.5. The van der Waals surface area contributed by atoms with Gasteiger partial charge in [-0.25, -0.2) is 0 Å². The van der Waals surface area contributed by atoms with Crippen molar-refractivity contribution >= 4 is 11.9 Å². The molecule has 60 heavy (non-hydrogen) atoms. The van der Waals surface area contributed by atoms with E-state index in [1.54, 1.807) is 0 Å². The van der Waals surface area contributed by atoms with Crippen LogP contribution in [0.15, 0.2) is 48.6 Å². The second-order valence-electron chi connectivity index (χ2n) is 17.6. The molecule has 0 aromatic carbocycles. The maximum atomic E-state index is 13.2. The van der Waals surface area contributed by atoms with E-state index >= 15 is 0 Å².